The van der Waals surface area contributed by atoms with Gasteiger partial charge in [0.25, 0.3) is 5.91 Å². The van der Waals surface area contributed by atoms with Gasteiger partial charge in [0, 0.05) is 12.1 Å². The van der Waals surface area contributed by atoms with E-state index in [9.17, 15) is 18.0 Å². The van der Waals surface area contributed by atoms with Crippen LogP contribution in [0, 0.1) is 6.07 Å². The van der Waals surface area contributed by atoms with Crippen LogP contribution in [0.25, 0.3) is 0 Å². The molecule has 0 saturated heterocycles. The number of benzene rings is 2. The molecular formula is C16H13F3NO2. The quantitative estimate of drug-likeness (QED) is 0.920. The van der Waals surface area contributed by atoms with E-state index in [2.05, 4.69) is 16.1 Å². The lowest BCUT2D eigenvalue weighted by Crippen LogP contribution is -2.25. The average Bonchev–Trinajstić information content (AvgIpc) is 2.47. The van der Waals surface area contributed by atoms with Crippen LogP contribution in [-0.2, 0) is 6.42 Å². The van der Waals surface area contributed by atoms with E-state index in [4.69, 9.17) is 0 Å². The van der Waals surface area contributed by atoms with Crippen molar-refractivity contribution in [3.8, 4) is 5.75 Å². The maximum absolute atomic E-state index is 12.0. The van der Waals surface area contributed by atoms with Gasteiger partial charge in [-0.3, -0.25) is 4.79 Å². The Morgan fingerprint density at radius 1 is 1.09 bits per heavy atom. The molecule has 0 saturated carbocycles. The van der Waals surface area contributed by atoms with Crippen LogP contribution in [0.4, 0.5) is 13.2 Å². The van der Waals surface area contributed by atoms with Crippen molar-refractivity contribution in [3.63, 3.8) is 0 Å². The third-order valence-electron chi connectivity index (χ3n) is 2.84. The SMILES string of the molecule is O=C(NCCc1cc[c]cc1)c1ccc(OC(F)(F)F)cc1. The molecule has 1 N–H and O–H groups in total. The summed E-state index contributed by atoms with van der Waals surface area (Å²) in [7, 11) is 0. The van der Waals surface area contributed by atoms with E-state index in [0.29, 0.717) is 13.0 Å². The highest BCUT2D eigenvalue weighted by atomic mass is 19.4. The van der Waals surface area contributed by atoms with E-state index in [-0.39, 0.29) is 17.2 Å². The summed E-state index contributed by atoms with van der Waals surface area (Å²) in [6, 6.07) is 15.1. The average molecular weight is 308 g/mol. The van der Waals surface area contributed by atoms with Gasteiger partial charge in [0.2, 0.25) is 0 Å². The molecule has 2 aromatic rings. The second-order valence-corrected chi connectivity index (χ2v) is 4.49. The molecule has 3 nitrogen and oxygen atoms in total. The van der Waals surface area contributed by atoms with Crippen molar-refractivity contribution in [2.45, 2.75) is 12.8 Å². The van der Waals surface area contributed by atoms with Gasteiger partial charge in [0.15, 0.2) is 0 Å². The number of amides is 1. The van der Waals surface area contributed by atoms with Gasteiger partial charge >= 0.3 is 6.36 Å². The molecule has 0 bridgehead atoms. The van der Waals surface area contributed by atoms with Crippen LogP contribution in [0.5, 0.6) is 5.75 Å². The summed E-state index contributed by atoms with van der Waals surface area (Å²) in [5.74, 6) is -0.703. The van der Waals surface area contributed by atoms with Crippen LogP contribution in [0.1, 0.15) is 15.9 Å². The predicted molar refractivity (Wildman–Crippen MR) is 74.4 cm³/mol. The van der Waals surface area contributed by atoms with Gasteiger partial charge in [0.05, 0.1) is 0 Å². The van der Waals surface area contributed by atoms with Gasteiger partial charge in [-0.1, -0.05) is 24.3 Å². The van der Waals surface area contributed by atoms with Crippen molar-refractivity contribution in [2.24, 2.45) is 0 Å². The lowest BCUT2D eigenvalue weighted by atomic mass is 10.1. The number of carbonyl (C=O) groups is 1. The fourth-order valence-electron chi connectivity index (χ4n) is 1.82. The minimum absolute atomic E-state index is 0.274. The first kappa shape index (κ1) is 15.9. The van der Waals surface area contributed by atoms with Crippen molar-refractivity contribution in [1.29, 1.82) is 0 Å². The fraction of sp³-hybridized carbons (Fsp3) is 0.188. The normalized spacial score (nSPS) is 11.0. The molecule has 0 aliphatic heterocycles. The molecule has 2 aromatic carbocycles. The van der Waals surface area contributed by atoms with Crippen molar-refractivity contribution >= 4 is 5.91 Å². The highest BCUT2D eigenvalue weighted by molar-refractivity contribution is 5.94. The Balaban J connectivity index is 1.85. The molecule has 0 spiro atoms. The molecule has 0 aromatic heterocycles. The lowest BCUT2D eigenvalue weighted by Gasteiger charge is -2.09. The number of rotatable bonds is 5. The molecule has 1 amide bonds. The molecule has 0 atom stereocenters. The van der Waals surface area contributed by atoms with Gasteiger partial charge in [-0.25, -0.2) is 0 Å². The Morgan fingerprint density at radius 2 is 1.73 bits per heavy atom. The first-order valence-electron chi connectivity index (χ1n) is 6.53. The first-order valence-corrected chi connectivity index (χ1v) is 6.53. The third kappa shape index (κ3) is 5.12. The molecule has 6 heteroatoms. The molecule has 115 valence electrons. The smallest absolute Gasteiger partial charge is 0.406 e. The van der Waals surface area contributed by atoms with Crippen molar-refractivity contribution < 1.29 is 22.7 Å². The number of carbonyl (C=O) groups excluding carboxylic acids is 1. The number of alkyl halides is 3. The van der Waals surface area contributed by atoms with E-state index in [0.717, 1.165) is 17.7 Å². The summed E-state index contributed by atoms with van der Waals surface area (Å²) in [6.45, 7) is 0.434. The summed E-state index contributed by atoms with van der Waals surface area (Å²) >= 11 is 0. The van der Waals surface area contributed by atoms with Gasteiger partial charge in [-0.2, -0.15) is 0 Å². The minimum Gasteiger partial charge on any atom is -0.406 e. The largest absolute Gasteiger partial charge is 0.573 e. The molecule has 0 aliphatic rings. The summed E-state index contributed by atoms with van der Waals surface area (Å²) in [4.78, 5) is 11.9. The highest BCUT2D eigenvalue weighted by Gasteiger charge is 2.31. The van der Waals surface area contributed by atoms with E-state index in [1.54, 1.807) is 12.1 Å². The van der Waals surface area contributed by atoms with Crippen LogP contribution in [0.3, 0.4) is 0 Å². The van der Waals surface area contributed by atoms with Crippen molar-refractivity contribution in [1.82, 2.24) is 5.32 Å². The van der Waals surface area contributed by atoms with Crippen LogP contribution in [0.2, 0.25) is 0 Å². The van der Waals surface area contributed by atoms with E-state index in [1.165, 1.54) is 12.1 Å². The van der Waals surface area contributed by atoms with Crippen LogP contribution in [-0.4, -0.2) is 18.8 Å². The molecule has 2 rings (SSSR count). The molecule has 0 heterocycles. The van der Waals surface area contributed by atoms with Gasteiger partial charge < -0.3 is 10.1 Å². The fourth-order valence-corrected chi connectivity index (χ4v) is 1.82. The number of ether oxygens (including phenoxy) is 1. The maximum atomic E-state index is 12.0. The zero-order chi connectivity index (χ0) is 16.0. The van der Waals surface area contributed by atoms with Crippen LogP contribution < -0.4 is 10.1 Å². The Bertz CT molecular complexity index is 610. The number of hydrogen-bond acceptors (Lipinski definition) is 2. The molecule has 0 unspecified atom stereocenters. The predicted octanol–water partition coefficient (Wildman–Crippen LogP) is 3.36. The second-order valence-electron chi connectivity index (χ2n) is 4.49. The Labute approximate surface area is 125 Å². The lowest BCUT2D eigenvalue weighted by molar-refractivity contribution is -0.274. The molecule has 0 aliphatic carbocycles. The van der Waals surface area contributed by atoms with Gasteiger partial charge in [0.1, 0.15) is 5.75 Å². The van der Waals surface area contributed by atoms with Gasteiger partial charge in [-0.05, 0) is 42.3 Å². The van der Waals surface area contributed by atoms with Crippen molar-refractivity contribution in [2.75, 3.05) is 6.54 Å². The van der Waals surface area contributed by atoms with Gasteiger partial charge in [-0.15, -0.1) is 13.2 Å². The number of halogens is 3. The van der Waals surface area contributed by atoms with E-state index >= 15 is 0 Å². The number of nitrogens with one attached hydrogen (secondary N) is 1. The van der Waals surface area contributed by atoms with Crippen LogP contribution >= 0.6 is 0 Å². The summed E-state index contributed by atoms with van der Waals surface area (Å²) < 4.78 is 39.8. The number of hydrogen-bond donors (Lipinski definition) is 1. The Kier molecular flexibility index (Phi) is 5.04. The Morgan fingerprint density at radius 3 is 2.32 bits per heavy atom. The maximum Gasteiger partial charge on any atom is 0.573 e. The third-order valence-corrected chi connectivity index (χ3v) is 2.84. The monoisotopic (exact) mass is 308 g/mol. The zero-order valence-electron chi connectivity index (χ0n) is 11.5. The summed E-state index contributed by atoms with van der Waals surface area (Å²) in [5.41, 5.74) is 1.34. The topological polar surface area (TPSA) is 38.3 Å². The summed E-state index contributed by atoms with van der Waals surface area (Å²) in [6.07, 6.45) is -4.08. The highest BCUT2D eigenvalue weighted by Crippen LogP contribution is 2.22. The van der Waals surface area contributed by atoms with Crippen LogP contribution in [0.15, 0.2) is 48.5 Å². The standard InChI is InChI=1S/C16H13F3NO2/c17-16(18,19)22-14-8-6-13(7-9-14)15(21)20-11-10-12-4-2-1-3-5-12/h2-9H,10-11H2,(H,20,21). The Hall–Kier alpha value is -2.50. The van der Waals surface area contributed by atoms with Crippen molar-refractivity contribution in [3.05, 3.63) is 65.7 Å². The summed E-state index contributed by atoms with van der Waals surface area (Å²) in [5, 5.41) is 2.70. The molecule has 22 heavy (non-hydrogen) atoms. The zero-order valence-corrected chi connectivity index (χ0v) is 11.5. The molecular weight excluding hydrogens is 295 g/mol. The second kappa shape index (κ2) is 6.98. The minimum atomic E-state index is -4.74. The molecule has 1 radical (unpaired) electrons. The molecule has 0 fully saturated rings. The van der Waals surface area contributed by atoms with E-state index < -0.39 is 6.36 Å². The first-order chi connectivity index (χ1) is 10.4. The van der Waals surface area contributed by atoms with E-state index in [1.807, 2.05) is 12.1 Å².